The van der Waals surface area contributed by atoms with Crippen LogP contribution in [0.1, 0.15) is 5.56 Å². The Bertz CT molecular complexity index is 796. The van der Waals surface area contributed by atoms with Gasteiger partial charge in [0.2, 0.25) is 0 Å². The van der Waals surface area contributed by atoms with Crippen molar-refractivity contribution < 1.29 is 23.7 Å². The molecule has 150 valence electrons. The number of benzene rings is 2. The van der Waals surface area contributed by atoms with Crippen LogP contribution in [0.4, 0.5) is 0 Å². The van der Waals surface area contributed by atoms with E-state index in [1.165, 1.54) is 0 Å². The van der Waals surface area contributed by atoms with Gasteiger partial charge in [-0.2, -0.15) is 0 Å². The highest BCUT2D eigenvalue weighted by Crippen LogP contribution is 2.28. The van der Waals surface area contributed by atoms with Crippen molar-refractivity contribution in [2.24, 2.45) is 0 Å². The van der Waals surface area contributed by atoms with Crippen LogP contribution in [0.5, 0.6) is 17.2 Å². The number of hydrogen-bond donors (Lipinski definition) is 0. The summed E-state index contributed by atoms with van der Waals surface area (Å²) in [6, 6.07) is 12.7. The summed E-state index contributed by atoms with van der Waals surface area (Å²) in [5.41, 5.74) is 1.09. The van der Waals surface area contributed by atoms with Gasteiger partial charge in [-0.3, -0.25) is 4.79 Å². The highest BCUT2D eigenvalue weighted by atomic mass is 35.5. The molecule has 0 radical (unpaired) electrons. The van der Waals surface area contributed by atoms with Crippen LogP contribution in [-0.2, 0) is 9.53 Å². The zero-order valence-electron chi connectivity index (χ0n) is 16.0. The average molecular weight is 406 g/mol. The van der Waals surface area contributed by atoms with Gasteiger partial charge in [-0.1, -0.05) is 17.7 Å². The summed E-state index contributed by atoms with van der Waals surface area (Å²) in [5.74, 6) is 1.86. The van der Waals surface area contributed by atoms with Crippen molar-refractivity contribution in [2.45, 2.75) is 13.0 Å². The van der Waals surface area contributed by atoms with E-state index in [9.17, 15) is 4.79 Å². The second-order valence-electron chi connectivity index (χ2n) is 6.54. The smallest absolute Gasteiger partial charge is 0.260 e. The van der Waals surface area contributed by atoms with E-state index < -0.39 is 0 Å². The lowest BCUT2D eigenvalue weighted by Crippen LogP contribution is -2.49. The van der Waals surface area contributed by atoms with Crippen LogP contribution in [0.15, 0.2) is 42.5 Å². The summed E-state index contributed by atoms with van der Waals surface area (Å²) in [4.78, 5) is 14.2. The fourth-order valence-corrected chi connectivity index (χ4v) is 3.02. The first-order valence-corrected chi connectivity index (χ1v) is 9.48. The van der Waals surface area contributed by atoms with E-state index in [1.807, 2.05) is 25.1 Å². The number of methoxy groups -OCH3 is 1. The number of amides is 1. The second kappa shape index (κ2) is 9.66. The van der Waals surface area contributed by atoms with Crippen LogP contribution in [0.25, 0.3) is 0 Å². The minimum Gasteiger partial charge on any atom is -0.493 e. The van der Waals surface area contributed by atoms with Gasteiger partial charge in [0.15, 0.2) is 18.1 Å². The molecule has 28 heavy (non-hydrogen) atoms. The molecule has 0 bridgehead atoms. The summed E-state index contributed by atoms with van der Waals surface area (Å²) in [6.45, 7) is 3.75. The summed E-state index contributed by atoms with van der Waals surface area (Å²) < 4.78 is 22.5. The van der Waals surface area contributed by atoms with E-state index in [0.717, 1.165) is 5.56 Å². The van der Waals surface area contributed by atoms with E-state index in [-0.39, 0.29) is 18.6 Å². The molecule has 1 fully saturated rings. The Balaban J connectivity index is 1.49. The Morgan fingerprint density at radius 2 is 1.96 bits per heavy atom. The Morgan fingerprint density at radius 3 is 2.71 bits per heavy atom. The number of aryl methyl sites for hydroxylation is 1. The molecule has 7 heteroatoms. The standard InChI is InChI=1S/C21H24ClNO5/c1-15-3-8-19(20(11-15)25-2)28-13-18-12-23(9-10-26-18)21(24)14-27-17-6-4-16(22)5-7-17/h3-8,11,18H,9-10,12-14H2,1-2H3. The molecule has 1 aliphatic rings. The molecule has 0 saturated carbocycles. The highest BCUT2D eigenvalue weighted by Gasteiger charge is 2.25. The van der Waals surface area contributed by atoms with E-state index in [1.54, 1.807) is 36.3 Å². The van der Waals surface area contributed by atoms with E-state index in [4.69, 9.17) is 30.5 Å². The van der Waals surface area contributed by atoms with Crippen molar-refractivity contribution >= 4 is 17.5 Å². The number of ether oxygens (including phenoxy) is 4. The third-order valence-corrected chi connectivity index (χ3v) is 4.66. The maximum Gasteiger partial charge on any atom is 0.260 e. The third kappa shape index (κ3) is 5.53. The van der Waals surface area contributed by atoms with Crippen molar-refractivity contribution in [1.29, 1.82) is 0 Å². The molecule has 6 nitrogen and oxygen atoms in total. The zero-order chi connectivity index (χ0) is 19.9. The van der Waals surface area contributed by atoms with Crippen LogP contribution < -0.4 is 14.2 Å². The molecule has 0 spiro atoms. The highest BCUT2D eigenvalue weighted by molar-refractivity contribution is 6.30. The summed E-state index contributed by atoms with van der Waals surface area (Å²) >= 11 is 5.85. The predicted octanol–water partition coefficient (Wildman–Crippen LogP) is 3.34. The van der Waals surface area contributed by atoms with Crippen LogP contribution >= 0.6 is 11.6 Å². The number of morpholine rings is 1. The van der Waals surface area contributed by atoms with Crippen LogP contribution in [0, 0.1) is 6.92 Å². The molecule has 0 aliphatic carbocycles. The molecule has 1 saturated heterocycles. The van der Waals surface area contributed by atoms with E-state index in [0.29, 0.717) is 48.6 Å². The molecule has 0 N–H and O–H groups in total. The van der Waals surface area contributed by atoms with E-state index in [2.05, 4.69) is 0 Å². The molecule has 1 aliphatic heterocycles. The van der Waals surface area contributed by atoms with Crippen molar-refractivity contribution in [2.75, 3.05) is 40.0 Å². The van der Waals surface area contributed by atoms with Gasteiger partial charge in [0.1, 0.15) is 18.5 Å². The average Bonchev–Trinajstić information content (AvgIpc) is 2.72. The molecule has 1 amide bonds. The minimum atomic E-state index is -0.209. The molecular weight excluding hydrogens is 382 g/mol. The molecule has 3 rings (SSSR count). The molecule has 2 aromatic carbocycles. The first-order valence-electron chi connectivity index (χ1n) is 9.10. The van der Waals surface area contributed by atoms with E-state index >= 15 is 0 Å². The number of rotatable bonds is 7. The van der Waals surface area contributed by atoms with Gasteiger partial charge in [-0.05, 0) is 48.9 Å². The van der Waals surface area contributed by atoms with Crippen molar-refractivity contribution in [3.63, 3.8) is 0 Å². The number of carbonyl (C=O) groups excluding carboxylic acids is 1. The summed E-state index contributed by atoms with van der Waals surface area (Å²) in [6.07, 6.45) is -0.209. The van der Waals surface area contributed by atoms with Gasteiger partial charge in [-0.25, -0.2) is 0 Å². The first kappa shape index (κ1) is 20.3. The lowest BCUT2D eigenvalue weighted by Gasteiger charge is -2.32. The Morgan fingerprint density at radius 1 is 1.18 bits per heavy atom. The monoisotopic (exact) mass is 405 g/mol. The van der Waals surface area contributed by atoms with Crippen molar-refractivity contribution in [1.82, 2.24) is 4.90 Å². The van der Waals surface area contributed by atoms with Crippen molar-refractivity contribution in [3.05, 3.63) is 53.1 Å². The summed E-state index contributed by atoms with van der Waals surface area (Å²) in [5, 5.41) is 0.625. The maximum absolute atomic E-state index is 12.5. The number of nitrogens with zero attached hydrogens (tertiary/aromatic N) is 1. The Hall–Kier alpha value is -2.44. The van der Waals surface area contributed by atoms with Crippen molar-refractivity contribution in [3.8, 4) is 17.2 Å². The van der Waals surface area contributed by atoms with Gasteiger partial charge in [0.05, 0.1) is 20.3 Å². The number of hydrogen-bond acceptors (Lipinski definition) is 5. The van der Waals surface area contributed by atoms with Crippen LogP contribution in [-0.4, -0.2) is 56.9 Å². The topological polar surface area (TPSA) is 57.2 Å². The SMILES string of the molecule is COc1cc(C)ccc1OCC1CN(C(=O)COc2ccc(Cl)cc2)CCO1. The van der Waals surface area contributed by atoms with Gasteiger partial charge in [0, 0.05) is 11.6 Å². The maximum atomic E-state index is 12.5. The first-order chi connectivity index (χ1) is 13.5. The quantitative estimate of drug-likeness (QED) is 0.707. The van der Waals surface area contributed by atoms with Crippen LogP contribution in [0.3, 0.4) is 0 Å². The molecule has 2 aromatic rings. The number of carbonyl (C=O) groups is 1. The van der Waals surface area contributed by atoms with Gasteiger partial charge >= 0.3 is 0 Å². The molecular formula is C21H24ClNO5. The van der Waals surface area contributed by atoms with Gasteiger partial charge < -0.3 is 23.8 Å². The van der Waals surface area contributed by atoms with Crippen LogP contribution in [0.2, 0.25) is 5.02 Å². The second-order valence-corrected chi connectivity index (χ2v) is 6.98. The molecule has 0 aromatic heterocycles. The third-order valence-electron chi connectivity index (χ3n) is 4.41. The Kier molecular flexibility index (Phi) is 7.01. The zero-order valence-corrected chi connectivity index (χ0v) is 16.8. The van der Waals surface area contributed by atoms with Gasteiger partial charge in [-0.15, -0.1) is 0 Å². The lowest BCUT2D eigenvalue weighted by atomic mass is 10.2. The minimum absolute atomic E-state index is 0.0268. The fraction of sp³-hybridized carbons (Fsp3) is 0.381. The largest absolute Gasteiger partial charge is 0.493 e. The Labute approximate surface area is 169 Å². The predicted molar refractivity (Wildman–Crippen MR) is 106 cm³/mol. The number of halogens is 1. The fourth-order valence-electron chi connectivity index (χ4n) is 2.89. The summed E-state index contributed by atoms with van der Waals surface area (Å²) in [7, 11) is 1.61. The lowest BCUT2D eigenvalue weighted by molar-refractivity contribution is -0.142. The molecule has 1 unspecified atom stereocenters. The normalized spacial score (nSPS) is 16.5. The molecule has 1 atom stereocenters. The molecule has 1 heterocycles. The van der Waals surface area contributed by atoms with Gasteiger partial charge in [0.25, 0.3) is 5.91 Å².